The van der Waals surface area contributed by atoms with E-state index in [1.54, 1.807) is 12.1 Å². The Hall–Kier alpha value is -4.53. The summed E-state index contributed by atoms with van der Waals surface area (Å²) in [5, 5.41) is 27.9. The summed E-state index contributed by atoms with van der Waals surface area (Å²) in [6, 6.07) is 20.5. The molecule has 2 aromatic heterocycles. The van der Waals surface area contributed by atoms with Crippen LogP contribution in [0.3, 0.4) is 0 Å². The van der Waals surface area contributed by atoms with Crippen LogP contribution >= 0.6 is 0 Å². The molecule has 2 heterocycles. The first kappa shape index (κ1) is 20.4. The molecule has 164 valence electrons. The van der Waals surface area contributed by atoms with Crippen molar-refractivity contribution in [1.29, 1.82) is 0 Å². The molecule has 0 unspecified atom stereocenters. The number of amides is 1. The molecule has 3 N–H and O–H groups in total. The summed E-state index contributed by atoms with van der Waals surface area (Å²) in [4.78, 5) is 23.2. The highest BCUT2D eigenvalue weighted by atomic mass is 16.4. The average Bonchev–Trinajstić information content (AvgIpc) is 3.47. The molecule has 0 aliphatic rings. The summed E-state index contributed by atoms with van der Waals surface area (Å²) >= 11 is 0. The van der Waals surface area contributed by atoms with E-state index in [9.17, 15) is 9.59 Å². The molecular weight excluding hydrogens is 420 g/mol. The van der Waals surface area contributed by atoms with E-state index in [1.807, 2.05) is 30.3 Å². The van der Waals surface area contributed by atoms with Crippen LogP contribution in [0.2, 0.25) is 0 Å². The maximum atomic E-state index is 12.3. The number of fused-ring (bicyclic) bond motifs is 3. The second kappa shape index (κ2) is 8.19. The SMILES string of the molecule is C[C@H](NC(=O)c1ccc(Cn2c3ccccc3c3cc(-c4nn[nH]n4)ccc32)cc1)C(=O)O. The lowest BCUT2D eigenvalue weighted by Crippen LogP contribution is -2.38. The largest absolute Gasteiger partial charge is 0.480 e. The number of carboxylic acid groups (broad SMARTS) is 1. The smallest absolute Gasteiger partial charge is 0.325 e. The third-order valence-electron chi connectivity index (χ3n) is 5.65. The van der Waals surface area contributed by atoms with Crippen molar-refractivity contribution in [2.45, 2.75) is 19.5 Å². The fourth-order valence-corrected chi connectivity index (χ4v) is 3.93. The summed E-state index contributed by atoms with van der Waals surface area (Å²) in [5.74, 6) is -0.948. The maximum absolute atomic E-state index is 12.3. The number of benzene rings is 3. The second-order valence-electron chi connectivity index (χ2n) is 7.80. The Balaban J connectivity index is 1.48. The number of nitrogens with one attached hydrogen (secondary N) is 2. The molecule has 0 radical (unpaired) electrons. The van der Waals surface area contributed by atoms with Gasteiger partial charge in [-0.2, -0.15) is 5.21 Å². The van der Waals surface area contributed by atoms with Crippen LogP contribution < -0.4 is 5.32 Å². The van der Waals surface area contributed by atoms with Gasteiger partial charge in [-0.25, -0.2) is 0 Å². The number of aromatic amines is 1. The fourth-order valence-electron chi connectivity index (χ4n) is 3.93. The predicted octanol–water partition coefficient (Wildman–Crippen LogP) is 3.23. The number of tetrazole rings is 1. The Morgan fingerprint density at radius 2 is 1.79 bits per heavy atom. The lowest BCUT2D eigenvalue weighted by atomic mass is 10.1. The number of aromatic nitrogens is 5. The predicted molar refractivity (Wildman–Crippen MR) is 123 cm³/mol. The number of H-pyrrole nitrogens is 1. The van der Waals surface area contributed by atoms with Gasteiger partial charge in [0.1, 0.15) is 6.04 Å². The summed E-state index contributed by atoms with van der Waals surface area (Å²) in [7, 11) is 0. The van der Waals surface area contributed by atoms with E-state index in [-0.39, 0.29) is 0 Å². The second-order valence-corrected chi connectivity index (χ2v) is 7.80. The molecule has 0 saturated heterocycles. The molecule has 5 aromatic rings. The van der Waals surface area contributed by atoms with E-state index < -0.39 is 17.9 Å². The standard InChI is InChI=1S/C24H20N6O3/c1-14(24(32)33)25-23(31)16-8-6-15(7-9-16)13-30-20-5-3-2-4-18(20)19-12-17(10-11-21(19)30)22-26-28-29-27-22/h2-12,14H,13H2,1H3,(H,25,31)(H,32,33)(H,26,27,28,29)/t14-/m0/s1. The minimum absolute atomic E-state index is 0.415. The summed E-state index contributed by atoms with van der Waals surface area (Å²) in [6.07, 6.45) is 0. The van der Waals surface area contributed by atoms with Crippen molar-refractivity contribution in [3.8, 4) is 11.4 Å². The summed E-state index contributed by atoms with van der Waals surface area (Å²) in [6.45, 7) is 2.04. The van der Waals surface area contributed by atoms with Crippen LogP contribution in [-0.4, -0.2) is 48.2 Å². The van der Waals surface area contributed by atoms with Gasteiger partial charge in [-0.1, -0.05) is 30.3 Å². The number of hydrogen-bond donors (Lipinski definition) is 3. The highest BCUT2D eigenvalue weighted by molar-refractivity contribution is 6.09. The van der Waals surface area contributed by atoms with Crippen molar-refractivity contribution in [2.75, 3.05) is 0 Å². The van der Waals surface area contributed by atoms with E-state index >= 15 is 0 Å². The van der Waals surface area contributed by atoms with Crippen LogP contribution in [0, 0.1) is 0 Å². The Bertz CT molecular complexity index is 1470. The van der Waals surface area contributed by atoms with E-state index in [2.05, 4.69) is 54.8 Å². The molecule has 0 saturated carbocycles. The molecule has 0 fully saturated rings. The topological polar surface area (TPSA) is 126 Å². The van der Waals surface area contributed by atoms with E-state index in [1.165, 1.54) is 6.92 Å². The summed E-state index contributed by atoms with van der Waals surface area (Å²) in [5.41, 5.74) is 4.47. The van der Waals surface area contributed by atoms with Crippen molar-refractivity contribution in [2.24, 2.45) is 0 Å². The number of rotatable bonds is 6. The molecule has 9 heteroatoms. The van der Waals surface area contributed by atoms with Gasteiger partial charge in [0.05, 0.1) is 0 Å². The number of para-hydroxylation sites is 1. The molecule has 9 nitrogen and oxygen atoms in total. The summed E-state index contributed by atoms with van der Waals surface area (Å²) < 4.78 is 2.23. The monoisotopic (exact) mass is 440 g/mol. The number of nitrogens with zero attached hydrogens (tertiary/aromatic N) is 4. The zero-order valence-corrected chi connectivity index (χ0v) is 17.7. The van der Waals surface area contributed by atoms with Gasteiger partial charge in [-0.15, -0.1) is 10.2 Å². The van der Waals surface area contributed by atoms with Crippen LogP contribution in [-0.2, 0) is 11.3 Å². The quantitative estimate of drug-likeness (QED) is 0.372. The first-order chi connectivity index (χ1) is 16.0. The third kappa shape index (κ3) is 3.80. The van der Waals surface area contributed by atoms with Crippen LogP contribution in [0.5, 0.6) is 0 Å². The number of carboxylic acids is 1. The Morgan fingerprint density at radius 3 is 2.52 bits per heavy atom. The Kier molecular flexibility index (Phi) is 5.06. The zero-order valence-electron chi connectivity index (χ0n) is 17.7. The molecule has 0 bridgehead atoms. The molecule has 0 spiro atoms. The Morgan fingerprint density at radius 1 is 1.03 bits per heavy atom. The fraction of sp³-hybridized carbons (Fsp3) is 0.125. The van der Waals surface area contributed by atoms with E-state index in [0.29, 0.717) is 17.9 Å². The number of carbonyl (C=O) groups is 2. The number of hydrogen-bond acceptors (Lipinski definition) is 5. The van der Waals surface area contributed by atoms with Gasteiger partial charge in [0.15, 0.2) is 0 Å². The van der Waals surface area contributed by atoms with Gasteiger partial charge >= 0.3 is 5.97 Å². The third-order valence-corrected chi connectivity index (χ3v) is 5.65. The van der Waals surface area contributed by atoms with Crippen molar-refractivity contribution in [3.63, 3.8) is 0 Å². The van der Waals surface area contributed by atoms with Crippen molar-refractivity contribution in [3.05, 3.63) is 77.9 Å². The van der Waals surface area contributed by atoms with Gasteiger partial charge in [0, 0.05) is 39.5 Å². The molecule has 33 heavy (non-hydrogen) atoms. The lowest BCUT2D eigenvalue weighted by molar-refractivity contribution is -0.138. The molecular formula is C24H20N6O3. The van der Waals surface area contributed by atoms with Crippen LogP contribution in [0.1, 0.15) is 22.8 Å². The van der Waals surface area contributed by atoms with Gasteiger partial charge < -0.3 is 15.0 Å². The van der Waals surface area contributed by atoms with Crippen LogP contribution in [0.15, 0.2) is 66.7 Å². The highest BCUT2D eigenvalue weighted by Gasteiger charge is 2.16. The molecule has 0 aliphatic heterocycles. The van der Waals surface area contributed by atoms with Crippen molar-refractivity contribution >= 4 is 33.7 Å². The van der Waals surface area contributed by atoms with Gasteiger partial charge in [-0.3, -0.25) is 9.59 Å². The normalized spacial score (nSPS) is 12.2. The van der Waals surface area contributed by atoms with Gasteiger partial charge in [0.2, 0.25) is 5.82 Å². The van der Waals surface area contributed by atoms with Crippen LogP contribution in [0.25, 0.3) is 33.2 Å². The first-order valence-electron chi connectivity index (χ1n) is 10.4. The maximum Gasteiger partial charge on any atom is 0.325 e. The minimum atomic E-state index is -1.08. The van der Waals surface area contributed by atoms with Crippen molar-refractivity contribution in [1.82, 2.24) is 30.5 Å². The van der Waals surface area contributed by atoms with Crippen LogP contribution in [0.4, 0.5) is 0 Å². The number of carbonyl (C=O) groups excluding carboxylic acids is 1. The van der Waals surface area contributed by atoms with E-state index in [0.717, 1.165) is 32.9 Å². The van der Waals surface area contributed by atoms with E-state index in [4.69, 9.17) is 5.11 Å². The molecule has 1 amide bonds. The highest BCUT2D eigenvalue weighted by Crippen LogP contribution is 2.32. The zero-order chi connectivity index (χ0) is 22.9. The molecule has 1 atom stereocenters. The first-order valence-corrected chi connectivity index (χ1v) is 10.4. The van der Waals surface area contributed by atoms with Crippen molar-refractivity contribution < 1.29 is 14.7 Å². The molecule has 3 aromatic carbocycles. The van der Waals surface area contributed by atoms with Gasteiger partial charge in [-0.05, 0) is 54.1 Å². The lowest BCUT2D eigenvalue weighted by Gasteiger charge is -2.11. The Labute approximate surface area is 188 Å². The average molecular weight is 440 g/mol. The molecule has 5 rings (SSSR count). The minimum Gasteiger partial charge on any atom is -0.480 e. The molecule has 0 aliphatic carbocycles. The van der Waals surface area contributed by atoms with Gasteiger partial charge in [0.25, 0.3) is 5.91 Å². The number of aliphatic carboxylic acids is 1.